The maximum atomic E-state index is 5.89. The summed E-state index contributed by atoms with van der Waals surface area (Å²) >= 11 is 1.86. The summed E-state index contributed by atoms with van der Waals surface area (Å²) in [4.78, 5) is 6.24. The van der Waals surface area contributed by atoms with E-state index in [9.17, 15) is 0 Å². The molecule has 0 saturated heterocycles. The van der Waals surface area contributed by atoms with Crippen LogP contribution in [-0.4, -0.2) is 4.98 Å². The molecule has 0 amide bonds. The van der Waals surface area contributed by atoms with Crippen molar-refractivity contribution in [1.29, 1.82) is 0 Å². The van der Waals surface area contributed by atoms with Gasteiger partial charge in [0.1, 0.15) is 0 Å². The third-order valence-electron chi connectivity index (χ3n) is 3.90. The van der Waals surface area contributed by atoms with Crippen molar-refractivity contribution >= 4 is 11.3 Å². The lowest BCUT2D eigenvalue weighted by molar-refractivity contribution is 0.343. The van der Waals surface area contributed by atoms with Gasteiger partial charge in [0, 0.05) is 22.8 Å². The van der Waals surface area contributed by atoms with Gasteiger partial charge in [-0.3, -0.25) is 0 Å². The smallest absolute Gasteiger partial charge is 0.0962 e. The monoisotopic (exact) mass is 266 g/mol. The molecule has 0 aliphatic heterocycles. The largest absolute Gasteiger partial charge is 0.326 e. The van der Waals surface area contributed by atoms with Crippen molar-refractivity contribution in [3.63, 3.8) is 0 Å². The molecule has 1 heterocycles. The first kappa shape index (κ1) is 14.0. The molecule has 0 spiro atoms. The van der Waals surface area contributed by atoms with Gasteiger partial charge in [-0.15, -0.1) is 11.3 Å². The normalized spacial score (nSPS) is 25.4. The van der Waals surface area contributed by atoms with Gasteiger partial charge in [0.25, 0.3) is 0 Å². The number of thiazole rings is 1. The van der Waals surface area contributed by atoms with Crippen LogP contribution in [0.5, 0.6) is 0 Å². The van der Waals surface area contributed by atoms with Crippen molar-refractivity contribution in [2.24, 2.45) is 11.7 Å². The van der Waals surface area contributed by atoms with E-state index in [4.69, 9.17) is 10.7 Å². The number of hydrogen-bond acceptors (Lipinski definition) is 3. The Kier molecular flexibility index (Phi) is 4.12. The van der Waals surface area contributed by atoms with Crippen LogP contribution in [0.2, 0.25) is 0 Å². The first-order valence-corrected chi connectivity index (χ1v) is 7.93. The molecule has 2 unspecified atom stereocenters. The average molecular weight is 266 g/mol. The lowest BCUT2D eigenvalue weighted by atomic mass is 9.83. The fraction of sp³-hybridized carbons (Fsp3) is 0.800. The maximum Gasteiger partial charge on any atom is 0.0962 e. The van der Waals surface area contributed by atoms with E-state index in [-0.39, 0.29) is 5.41 Å². The molecule has 3 heteroatoms. The van der Waals surface area contributed by atoms with Gasteiger partial charge in [0.05, 0.1) is 10.7 Å². The summed E-state index contributed by atoms with van der Waals surface area (Å²) in [5.74, 6) is 1.53. The van der Waals surface area contributed by atoms with Crippen molar-refractivity contribution < 1.29 is 0 Å². The molecular weight excluding hydrogens is 240 g/mol. The van der Waals surface area contributed by atoms with Crippen LogP contribution in [0.15, 0.2) is 0 Å². The number of hydrogen-bond donors (Lipinski definition) is 1. The molecule has 0 radical (unpaired) electrons. The summed E-state index contributed by atoms with van der Waals surface area (Å²) in [5, 5.41) is 1.34. The minimum Gasteiger partial charge on any atom is -0.326 e. The highest BCUT2D eigenvalue weighted by atomic mass is 32.1. The highest BCUT2D eigenvalue weighted by molar-refractivity contribution is 7.11. The van der Waals surface area contributed by atoms with Crippen LogP contribution in [0, 0.1) is 5.92 Å². The average Bonchev–Trinajstić information content (AvgIpc) is 2.72. The summed E-state index contributed by atoms with van der Waals surface area (Å²) in [7, 11) is 0. The Hall–Kier alpha value is -0.410. The third-order valence-corrected chi connectivity index (χ3v) is 5.14. The molecule has 2 atom stereocenters. The van der Waals surface area contributed by atoms with E-state index in [0.717, 1.165) is 5.92 Å². The van der Waals surface area contributed by atoms with Gasteiger partial charge in [-0.2, -0.15) is 0 Å². The quantitative estimate of drug-likeness (QED) is 0.871. The minimum absolute atomic E-state index is 0.115. The number of aromatic nitrogens is 1. The molecule has 1 aromatic heterocycles. The Morgan fingerprint density at radius 1 is 1.33 bits per heavy atom. The second-order valence-electron chi connectivity index (χ2n) is 6.75. The van der Waals surface area contributed by atoms with Crippen LogP contribution in [-0.2, 0) is 12.0 Å². The lowest BCUT2D eigenvalue weighted by Gasteiger charge is -2.25. The molecule has 1 aliphatic rings. The first-order chi connectivity index (χ1) is 8.41. The van der Waals surface area contributed by atoms with Gasteiger partial charge in [0.15, 0.2) is 0 Å². The van der Waals surface area contributed by atoms with Crippen molar-refractivity contribution in [3.8, 4) is 0 Å². The molecule has 0 bridgehead atoms. The Bertz CT molecular complexity index is 403. The predicted octanol–water partition coefficient (Wildman–Crippen LogP) is 4.19. The van der Waals surface area contributed by atoms with Crippen LogP contribution in [0.25, 0.3) is 0 Å². The molecule has 2 N–H and O–H groups in total. The Morgan fingerprint density at radius 3 is 2.56 bits per heavy atom. The number of nitrogens with zero attached hydrogens (tertiary/aromatic N) is 1. The molecule has 18 heavy (non-hydrogen) atoms. The standard InChI is InChI=1S/C15H26N2S/c1-10-6-5-7-11(8-10)14-17-13(15(2,3)4)12(9-16)18-14/h10-11H,5-9,16H2,1-4H3. The van der Waals surface area contributed by atoms with Crippen LogP contribution in [0.3, 0.4) is 0 Å². The summed E-state index contributed by atoms with van der Waals surface area (Å²) in [6.45, 7) is 9.69. The lowest BCUT2D eigenvalue weighted by Crippen LogP contribution is -2.16. The van der Waals surface area contributed by atoms with Crippen molar-refractivity contribution in [3.05, 3.63) is 15.6 Å². The van der Waals surface area contributed by atoms with E-state index in [1.54, 1.807) is 0 Å². The van der Waals surface area contributed by atoms with E-state index in [1.165, 1.54) is 41.3 Å². The summed E-state index contributed by atoms with van der Waals surface area (Å²) in [5.41, 5.74) is 7.23. The molecule has 1 aromatic rings. The molecule has 1 fully saturated rings. The van der Waals surface area contributed by atoms with Gasteiger partial charge >= 0.3 is 0 Å². The SMILES string of the molecule is CC1CCCC(c2nc(C(C)(C)C)c(CN)s2)C1. The maximum absolute atomic E-state index is 5.89. The molecular formula is C15H26N2S. The highest BCUT2D eigenvalue weighted by Gasteiger charge is 2.27. The molecule has 2 nitrogen and oxygen atoms in total. The minimum atomic E-state index is 0.115. The Balaban J connectivity index is 2.26. The Labute approximate surface area is 115 Å². The molecule has 1 aliphatic carbocycles. The zero-order chi connectivity index (χ0) is 13.3. The zero-order valence-electron chi connectivity index (χ0n) is 12.1. The zero-order valence-corrected chi connectivity index (χ0v) is 12.9. The van der Waals surface area contributed by atoms with E-state index in [1.807, 2.05) is 11.3 Å². The topological polar surface area (TPSA) is 38.9 Å². The van der Waals surface area contributed by atoms with Crippen molar-refractivity contribution in [2.45, 2.75) is 71.3 Å². The van der Waals surface area contributed by atoms with E-state index in [0.29, 0.717) is 12.5 Å². The molecule has 1 saturated carbocycles. The fourth-order valence-corrected chi connectivity index (χ4v) is 4.23. The van der Waals surface area contributed by atoms with E-state index >= 15 is 0 Å². The van der Waals surface area contributed by atoms with Gasteiger partial charge in [-0.25, -0.2) is 4.98 Å². The number of rotatable bonds is 2. The first-order valence-electron chi connectivity index (χ1n) is 7.12. The molecule has 2 rings (SSSR count). The fourth-order valence-electron chi connectivity index (χ4n) is 2.93. The van der Waals surface area contributed by atoms with Crippen LogP contribution >= 0.6 is 11.3 Å². The van der Waals surface area contributed by atoms with Gasteiger partial charge in [-0.1, -0.05) is 40.5 Å². The summed E-state index contributed by atoms with van der Waals surface area (Å²) in [6, 6.07) is 0. The van der Waals surface area contributed by atoms with Crippen LogP contribution in [0.1, 0.15) is 74.9 Å². The second-order valence-corrected chi connectivity index (χ2v) is 7.86. The van der Waals surface area contributed by atoms with Gasteiger partial charge < -0.3 is 5.73 Å². The summed E-state index contributed by atoms with van der Waals surface area (Å²) in [6.07, 6.45) is 5.36. The molecule has 102 valence electrons. The van der Waals surface area contributed by atoms with E-state index < -0.39 is 0 Å². The van der Waals surface area contributed by atoms with Crippen molar-refractivity contribution in [2.75, 3.05) is 0 Å². The molecule has 0 aromatic carbocycles. The number of nitrogens with two attached hydrogens (primary N) is 1. The highest BCUT2D eigenvalue weighted by Crippen LogP contribution is 2.40. The second kappa shape index (κ2) is 5.30. The van der Waals surface area contributed by atoms with Crippen LogP contribution in [0.4, 0.5) is 0 Å². The van der Waals surface area contributed by atoms with Gasteiger partial charge in [0.2, 0.25) is 0 Å². The predicted molar refractivity (Wildman–Crippen MR) is 79.1 cm³/mol. The van der Waals surface area contributed by atoms with Crippen LogP contribution < -0.4 is 5.73 Å². The third kappa shape index (κ3) is 2.94. The van der Waals surface area contributed by atoms with Gasteiger partial charge in [-0.05, 0) is 18.8 Å². The Morgan fingerprint density at radius 2 is 2.06 bits per heavy atom. The van der Waals surface area contributed by atoms with E-state index in [2.05, 4.69) is 27.7 Å². The van der Waals surface area contributed by atoms with Crippen molar-refractivity contribution in [1.82, 2.24) is 4.98 Å². The summed E-state index contributed by atoms with van der Waals surface area (Å²) < 4.78 is 0.